The van der Waals surface area contributed by atoms with Crippen LogP contribution in [0.25, 0.3) is 0 Å². The maximum absolute atomic E-state index is 10.9. The molecule has 0 radical (unpaired) electrons. The van der Waals surface area contributed by atoms with Crippen LogP contribution in [-0.4, -0.2) is 9.91 Å². The Labute approximate surface area is 108 Å². The molecule has 0 fully saturated rings. The van der Waals surface area contributed by atoms with Gasteiger partial charge < -0.3 is 5.73 Å². The lowest BCUT2D eigenvalue weighted by atomic mass is 10.2. The van der Waals surface area contributed by atoms with Crippen molar-refractivity contribution in [3.63, 3.8) is 0 Å². The number of nitrogens with zero attached hydrogens (tertiary/aromatic N) is 2. The quantitative estimate of drug-likeness (QED) is 0.520. The molecule has 2 N–H and O–H groups in total. The van der Waals surface area contributed by atoms with Crippen molar-refractivity contribution in [2.24, 2.45) is 0 Å². The number of nitrogens with two attached hydrogens (primary N) is 1. The van der Waals surface area contributed by atoms with Crippen molar-refractivity contribution in [1.29, 1.82) is 0 Å². The summed E-state index contributed by atoms with van der Waals surface area (Å²) in [5.74, 6) is 0.911. The molecule has 0 unspecified atom stereocenters. The highest BCUT2D eigenvalue weighted by Crippen LogP contribution is 2.30. The smallest absolute Gasteiger partial charge is 0.301 e. The van der Waals surface area contributed by atoms with Crippen LogP contribution in [0.4, 0.5) is 11.5 Å². The molecule has 1 heterocycles. The number of nitrogen functional groups attached to an aromatic ring is 1. The van der Waals surface area contributed by atoms with E-state index in [4.69, 9.17) is 5.73 Å². The van der Waals surface area contributed by atoms with E-state index in [-0.39, 0.29) is 11.5 Å². The minimum Gasteiger partial charge on any atom is -0.384 e. The molecule has 6 heteroatoms. The Bertz CT molecular complexity index is 561. The van der Waals surface area contributed by atoms with E-state index in [0.717, 1.165) is 5.56 Å². The van der Waals surface area contributed by atoms with Crippen molar-refractivity contribution in [3.05, 3.63) is 58.1 Å². The summed E-state index contributed by atoms with van der Waals surface area (Å²) in [7, 11) is 0. The molecule has 1 aromatic heterocycles. The van der Waals surface area contributed by atoms with Crippen LogP contribution in [0.1, 0.15) is 5.56 Å². The average molecular weight is 261 g/mol. The molecule has 0 aliphatic carbocycles. The molecule has 0 aliphatic rings. The van der Waals surface area contributed by atoms with Crippen LogP contribution in [-0.2, 0) is 5.75 Å². The summed E-state index contributed by atoms with van der Waals surface area (Å²) in [5.41, 5.74) is 6.62. The fourth-order valence-corrected chi connectivity index (χ4v) is 2.37. The highest BCUT2D eigenvalue weighted by atomic mass is 32.2. The number of benzene rings is 1. The van der Waals surface area contributed by atoms with Gasteiger partial charge in [0.2, 0.25) is 0 Å². The molecule has 0 saturated heterocycles. The second-order valence-corrected chi connectivity index (χ2v) is 4.56. The number of thioether (sulfide) groups is 1. The van der Waals surface area contributed by atoms with Crippen LogP contribution in [0, 0.1) is 10.1 Å². The summed E-state index contributed by atoms with van der Waals surface area (Å²) >= 11 is 1.31. The van der Waals surface area contributed by atoms with Crippen molar-refractivity contribution < 1.29 is 4.92 Å². The van der Waals surface area contributed by atoms with Gasteiger partial charge in [0.05, 0.1) is 4.92 Å². The number of nitro groups is 1. The Kier molecular flexibility index (Phi) is 3.78. The molecule has 5 nitrogen and oxygen atoms in total. The zero-order valence-electron chi connectivity index (χ0n) is 9.45. The van der Waals surface area contributed by atoms with Gasteiger partial charge in [0.15, 0.2) is 5.03 Å². The first kappa shape index (κ1) is 12.4. The van der Waals surface area contributed by atoms with Crippen molar-refractivity contribution in [1.82, 2.24) is 4.98 Å². The monoisotopic (exact) mass is 261 g/mol. The summed E-state index contributed by atoms with van der Waals surface area (Å²) in [6, 6.07) is 12.5. The number of hydrogen-bond donors (Lipinski definition) is 1. The Balaban J connectivity index is 2.18. The third-order valence-corrected chi connectivity index (χ3v) is 3.33. The number of hydrogen-bond acceptors (Lipinski definition) is 5. The van der Waals surface area contributed by atoms with Gasteiger partial charge in [-0.3, -0.25) is 10.1 Å². The predicted molar refractivity (Wildman–Crippen MR) is 71.3 cm³/mol. The van der Waals surface area contributed by atoms with Crippen LogP contribution in [0.3, 0.4) is 0 Å². The minimum atomic E-state index is -0.445. The van der Waals surface area contributed by atoms with Gasteiger partial charge in [-0.15, -0.1) is 0 Å². The van der Waals surface area contributed by atoms with Crippen LogP contribution >= 0.6 is 11.8 Å². The van der Waals surface area contributed by atoms with Crippen molar-refractivity contribution >= 4 is 23.3 Å². The largest absolute Gasteiger partial charge is 0.384 e. The van der Waals surface area contributed by atoms with E-state index in [2.05, 4.69) is 4.98 Å². The summed E-state index contributed by atoms with van der Waals surface area (Å²) in [6.45, 7) is 0. The maximum Gasteiger partial charge on any atom is 0.301 e. The van der Waals surface area contributed by atoms with Crippen molar-refractivity contribution in [2.75, 3.05) is 5.73 Å². The molecule has 2 aromatic rings. The number of anilines is 1. The van der Waals surface area contributed by atoms with Gasteiger partial charge in [0.25, 0.3) is 0 Å². The van der Waals surface area contributed by atoms with E-state index in [1.165, 1.54) is 23.9 Å². The number of aromatic nitrogens is 1. The Hall–Kier alpha value is -2.08. The van der Waals surface area contributed by atoms with Gasteiger partial charge in [-0.05, 0) is 11.6 Å². The summed E-state index contributed by atoms with van der Waals surface area (Å²) in [5, 5.41) is 11.2. The Morgan fingerprint density at radius 3 is 2.61 bits per heavy atom. The third-order valence-electron chi connectivity index (χ3n) is 2.28. The van der Waals surface area contributed by atoms with E-state index in [0.29, 0.717) is 10.8 Å². The van der Waals surface area contributed by atoms with E-state index in [9.17, 15) is 10.1 Å². The molecule has 0 aliphatic heterocycles. The van der Waals surface area contributed by atoms with E-state index >= 15 is 0 Å². The average Bonchev–Trinajstić information content (AvgIpc) is 2.37. The molecular formula is C12H11N3O2S. The molecule has 18 heavy (non-hydrogen) atoms. The molecule has 0 spiro atoms. The van der Waals surface area contributed by atoms with E-state index in [1.54, 1.807) is 0 Å². The zero-order chi connectivity index (χ0) is 13.0. The Morgan fingerprint density at radius 2 is 1.94 bits per heavy atom. The summed E-state index contributed by atoms with van der Waals surface area (Å²) in [4.78, 5) is 14.4. The number of pyridine rings is 1. The third kappa shape index (κ3) is 2.98. The highest BCUT2D eigenvalue weighted by molar-refractivity contribution is 7.98. The lowest BCUT2D eigenvalue weighted by molar-refractivity contribution is -0.388. The second kappa shape index (κ2) is 5.50. The first-order valence-electron chi connectivity index (χ1n) is 5.24. The highest BCUT2D eigenvalue weighted by Gasteiger charge is 2.15. The van der Waals surface area contributed by atoms with E-state index < -0.39 is 4.92 Å². The van der Waals surface area contributed by atoms with Crippen LogP contribution in [0.5, 0.6) is 0 Å². The molecular weight excluding hydrogens is 250 g/mol. The number of rotatable bonds is 4. The molecule has 1 aromatic carbocycles. The van der Waals surface area contributed by atoms with Gasteiger partial charge in [-0.2, -0.15) is 0 Å². The van der Waals surface area contributed by atoms with Gasteiger partial charge >= 0.3 is 5.69 Å². The molecule has 0 amide bonds. The van der Waals surface area contributed by atoms with Crippen LogP contribution in [0.2, 0.25) is 0 Å². The van der Waals surface area contributed by atoms with Gasteiger partial charge in [0.1, 0.15) is 5.82 Å². The lowest BCUT2D eigenvalue weighted by Crippen LogP contribution is -1.97. The van der Waals surface area contributed by atoms with Crippen LogP contribution in [0.15, 0.2) is 47.5 Å². The lowest BCUT2D eigenvalue weighted by Gasteiger charge is -2.03. The Morgan fingerprint density at radius 1 is 1.22 bits per heavy atom. The zero-order valence-corrected chi connectivity index (χ0v) is 10.3. The maximum atomic E-state index is 10.9. The fourth-order valence-electron chi connectivity index (χ4n) is 1.42. The molecule has 92 valence electrons. The summed E-state index contributed by atoms with van der Waals surface area (Å²) in [6.07, 6.45) is 0. The summed E-state index contributed by atoms with van der Waals surface area (Å²) < 4.78 is 0. The first-order valence-corrected chi connectivity index (χ1v) is 6.23. The van der Waals surface area contributed by atoms with E-state index in [1.807, 2.05) is 30.3 Å². The van der Waals surface area contributed by atoms with Gasteiger partial charge in [-0.1, -0.05) is 42.1 Å². The second-order valence-electron chi connectivity index (χ2n) is 3.59. The van der Waals surface area contributed by atoms with Crippen molar-refractivity contribution in [3.8, 4) is 0 Å². The molecule has 0 atom stereocenters. The van der Waals surface area contributed by atoms with Gasteiger partial charge in [0, 0.05) is 11.8 Å². The molecule has 2 rings (SSSR count). The topological polar surface area (TPSA) is 82.0 Å². The molecule has 0 bridgehead atoms. The van der Waals surface area contributed by atoms with Crippen LogP contribution < -0.4 is 5.73 Å². The van der Waals surface area contributed by atoms with Gasteiger partial charge in [-0.25, -0.2) is 4.98 Å². The standard InChI is InChI=1S/C12H11N3O2S/c13-11-7-6-10(15(16)17)12(14-11)18-8-9-4-2-1-3-5-9/h1-7H,8H2,(H2,13,14). The van der Waals surface area contributed by atoms with Crippen molar-refractivity contribution in [2.45, 2.75) is 10.8 Å². The fraction of sp³-hybridized carbons (Fsp3) is 0.0833. The SMILES string of the molecule is Nc1ccc([N+](=O)[O-])c(SCc2ccccc2)n1. The molecule has 0 saturated carbocycles. The normalized spacial score (nSPS) is 10.2. The predicted octanol–water partition coefficient (Wildman–Crippen LogP) is 2.86. The minimum absolute atomic E-state index is 0.00914. The first-order chi connectivity index (χ1) is 8.66.